The van der Waals surface area contributed by atoms with E-state index in [1.807, 2.05) is 19.1 Å². The van der Waals surface area contributed by atoms with Gasteiger partial charge in [-0.15, -0.1) is 0 Å². The number of rotatable bonds is 3. The van der Waals surface area contributed by atoms with Crippen LogP contribution < -0.4 is 10.5 Å². The Morgan fingerprint density at radius 2 is 1.71 bits per heavy atom. The summed E-state index contributed by atoms with van der Waals surface area (Å²) < 4.78 is 18.9. The zero-order valence-corrected chi connectivity index (χ0v) is 9.56. The highest BCUT2D eigenvalue weighted by molar-refractivity contribution is 5.40. The molecule has 2 N–H and O–H groups in total. The molecule has 2 nitrogen and oxygen atoms in total. The molecular weight excluding hydrogens is 217 g/mol. The molecule has 3 heteroatoms. The minimum atomic E-state index is -0.352. The molecule has 0 aliphatic rings. The molecule has 1 unspecified atom stereocenters. The van der Waals surface area contributed by atoms with E-state index >= 15 is 0 Å². The second-order valence-electron chi connectivity index (χ2n) is 3.86. The number of anilines is 1. The van der Waals surface area contributed by atoms with Crippen molar-refractivity contribution < 1.29 is 9.13 Å². The molecule has 0 fully saturated rings. The summed E-state index contributed by atoms with van der Waals surface area (Å²) in [6.07, 6.45) is -0.215. The van der Waals surface area contributed by atoms with Crippen LogP contribution in [0.25, 0.3) is 0 Å². The van der Waals surface area contributed by atoms with E-state index in [0.29, 0.717) is 5.69 Å². The molecule has 1 atom stereocenters. The fourth-order valence-corrected chi connectivity index (χ4v) is 1.57. The zero-order chi connectivity index (χ0) is 12.3. The van der Waals surface area contributed by atoms with E-state index in [0.717, 1.165) is 5.56 Å². The van der Waals surface area contributed by atoms with Crippen LogP contribution >= 0.6 is 0 Å². The molecule has 17 heavy (non-hydrogen) atoms. The lowest BCUT2D eigenvalue weighted by molar-refractivity contribution is 0.216. The van der Waals surface area contributed by atoms with E-state index in [1.54, 1.807) is 30.3 Å². The van der Waals surface area contributed by atoms with E-state index in [2.05, 4.69) is 0 Å². The van der Waals surface area contributed by atoms with Gasteiger partial charge in [-0.3, -0.25) is 0 Å². The highest BCUT2D eigenvalue weighted by Crippen LogP contribution is 2.24. The van der Waals surface area contributed by atoms with Crippen LogP contribution in [0.15, 0.2) is 48.5 Å². The molecule has 0 aliphatic carbocycles. The molecule has 0 bridgehead atoms. The largest absolute Gasteiger partial charge is 0.483 e. The lowest BCUT2D eigenvalue weighted by Gasteiger charge is -2.15. The van der Waals surface area contributed by atoms with Crippen molar-refractivity contribution in [3.63, 3.8) is 0 Å². The second-order valence-corrected chi connectivity index (χ2v) is 3.86. The molecular formula is C14H14FNO. The Kier molecular flexibility index (Phi) is 3.28. The van der Waals surface area contributed by atoms with Crippen LogP contribution in [0.4, 0.5) is 10.1 Å². The maximum Gasteiger partial charge on any atom is 0.165 e. The predicted molar refractivity (Wildman–Crippen MR) is 66.3 cm³/mol. The van der Waals surface area contributed by atoms with E-state index in [-0.39, 0.29) is 17.7 Å². The molecule has 2 aromatic rings. The van der Waals surface area contributed by atoms with E-state index in [1.165, 1.54) is 6.07 Å². The summed E-state index contributed by atoms with van der Waals surface area (Å²) >= 11 is 0. The van der Waals surface area contributed by atoms with Gasteiger partial charge in [0, 0.05) is 5.69 Å². The van der Waals surface area contributed by atoms with Gasteiger partial charge in [0.25, 0.3) is 0 Å². The molecule has 88 valence electrons. The van der Waals surface area contributed by atoms with Crippen molar-refractivity contribution >= 4 is 5.69 Å². The molecule has 2 rings (SSSR count). The average molecular weight is 231 g/mol. The van der Waals surface area contributed by atoms with Gasteiger partial charge in [-0.2, -0.15) is 0 Å². The summed E-state index contributed by atoms with van der Waals surface area (Å²) in [6.45, 7) is 1.87. The van der Waals surface area contributed by atoms with Gasteiger partial charge in [0.2, 0.25) is 0 Å². The van der Waals surface area contributed by atoms with Crippen LogP contribution in [0.5, 0.6) is 5.75 Å². The van der Waals surface area contributed by atoms with Crippen molar-refractivity contribution in [3.05, 3.63) is 59.9 Å². The molecule has 0 heterocycles. The van der Waals surface area contributed by atoms with Crippen LogP contribution in [0.1, 0.15) is 18.6 Å². The molecule has 0 radical (unpaired) electrons. The fourth-order valence-electron chi connectivity index (χ4n) is 1.57. The number of nitrogen functional groups attached to an aromatic ring is 1. The Bertz CT molecular complexity index is 496. The minimum Gasteiger partial charge on any atom is -0.483 e. The molecule has 0 aliphatic heterocycles. The number of hydrogen-bond donors (Lipinski definition) is 1. The first-order valence-corrected chi connectivity index (χ1v) is 5.43. The van der Waals surface area contributed by atoms with E-state index < -0.39 is 0 Å². The van der Waals surface area contributed by atoms with Gasteiger partial charge in [0.15, 0.2) is 11.6 Å². The SMILES string of the molecule is CC(Oc1ccccc1F)c1ccc(N)cc1. The lowest BCUT2D eigenvalue weighted by Crippen LogP contribution is -2.04. The summed E-state index contributed by atoms with van der Waals surface area (Å²) in [6, 6.07) is 13.7. The molecule has 0 aromatic heterocycles. The van der Waals surface area contributed by atoms with Crippen LogP contribution in [0.2, 0.25) is 0 Å². The van der Waals surface area contributed by atoms with E-state index in [4.69, 9.17) is 10.5 Å². The summed E-state index contributed by atoms with van der Waals surface area (Å²) in [5, 5.41) is 0. The van der Waals surface area contributed by atoms with Crippen LogP contribution in [0, 0.1) is 5.82 Å². The first-order chi connectivity index (χ1) is 8.16. The van der Waals surface area contributed by atoms with Crippen LogP contribution in [-0.4, -0.2) is 0 Å². The van der Waals surface area contributed by atoms with Gasteiger partial charge in [0.1, 0.15) is 6.10 Å². The molecule has 0 saturated carbocycles. The van der Waals surface area contributed by atoms with Crippen LogP contribution in [-0.2, 0) is 0 Å². The standard InChI is InChI=1S/C14H14FNO/c1-10(11-6-8-12(16)9-7-11)17-14-5-3-2-4-13(14)15/h2-10H,16H2,1H3. The third kappa shape index (κ3) is 2.75. The quantitative estimate of drug-likeness (QED) is 0.820. The topological polar surface area (TPSA) is 35.2 Å². The van der Waals surface area contributed by atoms with Crippen molar-refractivity contribution in [1.82, 2.24) is 0 Å². The predicted octanol–water partition coefficient (Wildman–Crippen LogP) is 3.55. The monoisotopic (exact) mass is 231 g/mol. The third-order valence-electron chi connectivity index (χ3n) is 2.55. The van der Waals surface area contributed by atoms with Crippen molar-refractivity contribution in [1.29, 1.82) is 0 Å². The van der Waals surface area contributed by atoms with Crippen molar-refractivity contribution in [2.24, 2.45) is 0 Å². The third-order valence-corrected chi connectivity index (χ3v) is 2.55. The smallest absolute Gasteiger partial charge is 0.165 e. The Hall–Kier alpha value is -2.03. The number of benzene rings is 2. The molecule has 0 spiro atoms. The number of ether oxygens (including phenoxy) is 1. The maximum absolute atomic E-state index is 13.4. The highest BCUT2D eigenvalue weighted by Gasteiger charge is 2.09. The number of hydrogen-bond acceptors (Lipinski definition) is 2. The van der Waals surface area contributed by atoms with Gasteiger partial charge in [0.05, 0.1) is 0 Å². The van der Waals surface area contributed by atoms with Crippen molar-refractivity contribution in [3.8, 4) is 5.75 Å². The minimum absolute atomic E-state index is 0.215. The summed E-state index contributed by atoms with van der Waals surface area (Å²) in [5.74, 6) is -0.0911. The number of nitrogens with two attached hydrogens (primary N) is 1. The second kappa shape index (κ2) is 4.87. The van der Waals surface area contributed by atoms with Gasteiger partial charge in [-0.1, -0.05) is 24.3 Å². The highest BCUT2D eigenvalue weighted by atomic mass is 19.1. The van der Waals surface area contributed by atoms with Crippen molar-refractivity contribution in [2.75, 3.05) is 5.73 Å². The van der Waals surface area contributed by atoms with Crippen LogP contribution in [0.3, 0.4) is 0 Å². The Labute approximate surface area is 99.8 Å². The van der Waals surface area contributed by atoms with Gasteiger partial charge < -0.3 is 10.5 Å². The average Bonchev–Trinajstić information content (AvgIpc) is 2.33. The first kappa shape index (κ1) is 11.5. The Morgan fingerprint density at radius 3 is 2.35 bits per heavy atom. The maximum atomic E-state index is 13.4. The molecule has 0 amide bonds. The molecule has 2 aromatic carbocycles. The Morgan fingerprint density at radius 1 is 1.06 bits per heavy atom. The molecule has 0 saturated heterocycles. The first-order valence-electron chi connectivity index (χ1n) is 5.43. The number of para-hydroxylation sites is 1. The lowest BCUT2D eigenvalue weighted by atomic mass is 10.1. The van der Waals surface area contributed by atoms with Gasteiger partial charge in [-0.25, -0.2) is 4.39 Å². The summed E-state index contributed by atoms with van der Waals surface area (Å²) in [4.78, 5) is 0. The van der Waals surface area contributed by atoms with E-state index in [9.17, 15) is 4.39 Å². The zero-order valence-electron chi connectivity index (χ0n) is 9.56. The van der Waals surface area contributed by atoms with Crippen molar-refractivity contribution in [2.45, 2.75) is 13.0 Å². The fraction of sp³-hybridized carbons (Fsp3) is 0.143. The normalized spacial score (nSPS) is 12.1. The van der Waals surface area contributed by atoms with Gasteiger partial charge >= 0.3 is 0 Å². The number of halogens is 1. The van der Waals surface area contributed by atoms with Gasteiger partial charge in [-0.05, 0) is 36.8 Å². The Balaban J connectivity index is 2.14. The summed E-state index contributed by atoms with van der Waals surface area (Å²) in [5.41, 5.74) is 7.26. The summed E-state index contributed by atoms with van der Waals surface area (Å²) in [7, 11) is 0.